The molecule has 0 fully saturated rings. The summed E-state index contributed by atoms with van der Waals surface area (Å²) in [5.41, 5.74) is 0.794. The van der Waals surface area contributed by atoms with Crippen LogP contribution in [0.3, 0.4) is 0 Å². The molecule has 0 heterocycles. The third-order valence-electron chi connectivity index (χ3n) is 2.82. The molecule has 1 aromatic rings. The second-order valence-corrected chi connectivity index (χ2v) is 5.69. The number of rotatable bonds is 3. The average molecular weight is 279 g/mol. The van der Waals surface area contributed by atoms with Crippen LogP contribution in [0.4, 0.5) is 10.5 Å². The molecule has 1 atom stereocenters. The predicted octanol–water partition coefficient (Wildman–Crippen LogP) is 3.25. The van der Waals surface area contributed by atoms with Crippen LogP contribution in [-0.4, -0.2) is 29.8 Å². The Bertz CT molecular complexity index is 488. The van der Waals surface area contributed by atoms with Gasteiger partial charge in [-0.05, 0) is 45.4 Å². The summed E-state index contributed by atoms with van der Waals surface area (Å²) in [5.74, 6) is -1.45. The fourth-order valence-corrected chi connectivity index (χ4v) is 1.56. The number of amides is 1. The minimum atomic E-state index is -0.877. The maximum Gasteiger partial charge on any atom is 0.414 e. The lowest BCUT2D eigenvalue weighted by Crippen LogP contribution is -2.34. The van der Waals surface area contributed by atoms with Gasteiger partial charge in [-0.15, -0.1) is 0 Å². The number of carbonyl (C=O) groups is 2. The Balaban J connectivity index is 2.83. The lowest BCUT2D eigenvalue weighted by Gasteiger charge is -2.24. The average Bonchev–Trinajstić information content (AvgIpc) is 2.35. The molecule has 20 heavy (non-hydrogen) atoms. The number of carboxylic acids is 1. The standard InChI is InChI=1S/C15H21NO4/c1-10(13(17)18)11-6-8-12(9-7-11)16(5)14(19)20-15(2,3)4/h6-10H,1-5H3,(H,17,18). The smallest absolute Gasteiger partial charge is 0.414 e. The molecule has 1 aromatic carbocycles. The summed E-state index contributed by atoms with van der Waals surface area (Å²) in [6.07, 6.45) is -0.448. The van der Waals surface area contributed by atoms with Gasteiger partial charge >= 0.3 is 12.1 Å². The molecule has 0 saturated carbocycles. The van der Waals surface area contributed by atoms with Gasteiger partial charge in [0.05, 0.1) is 5.92 Å². The molecule has 0 aliphatic carbocycles. The van der Waals surface area contributed by atoms with E-state index in [0.29, 0.717) is 11.3 Å². The minimum Gasteiger partial charge on any atom is -0.481 e. The highest BCUT2D eigenvalue weighted by atomic mass is 16.6. The number of hydrogen-bond acceptors (Lipinski definition) is 3. The summed E-state index contributed by atoms with van der Waals surface area (Å²) >= 11 is 0. The summed E-state index contributed by atoms with van der Waals surface area (Å²) in [6, 6.07) is 6.82. The lowest BCUT2D eigenvalue weighted by molar-refractivity contribution is -0.138. The first kappa shape index (κ1) is 16.0. The largest absolute Gasteiger partial charge is 0.481 e. The number of carbonyl (C=O) groups excluding carboxylic acids is 1. The second kappa shape index (κ2) is 5.94. The van der Waals surface area contributed by atoms with Gasteiger partial charge in [-0.3, -0.25) is 9.69 Å². The van der Waals surface area contributed by atoms with Crippen molar-refractivity contribution in [2.75, 3.05) is 11.9 Å². The third kappa shape index (κ3) is 4.26. The molecule has 1 rings (SSSR count). The Labute approximate surface area is 119 Å². The van der Waals surface area contributed by atoms with Gasteiger partial charge in [0, 0.05) is 12.7 Å². The van der Waals surface area contributed by atoms with E-state index in [1.807, 2.05) is 0 Å². The van der Waals surface area contributed by atoms with Gasteiger partial charge in [0.15, 0.2) is 0 Å². The number of carboxylic acid groups (broad SMARTS) is 1. The Hall–Kier alpha value is -2.04. The van der Waals surface area contributed by atoms with Gasteiger partial charge in [-0.1, -0.05) is 12.1 Å². The highest BCUT2D eigenvalue weighted by Gasteiger charge is 2.21. The van der Waals surface area contributed by atoms with Gasteiger partial charge in [-0.2, -0.15) is 0 Å². The van der Waals surface area contributed by atoms with Crippen molar-refractivity contribution in [3.8, 4) is 0 Å². The number of benzene rings is 1. The maximum atomic E-state index is 11.9. The second-order valence-electron chi connectivity index (χ2n) is 5.69. The van der Waals surface area contributed by atoms with Crippen molar-refractivity contribution in [2.24, 2.45) is 0 Å². The first-order valence-corrected chi connectivity index (χ1v) is 6.41. The van der Waals surface area contributed by atoms with Gasteiger partial charge in [0.1, 0.15) is 5.60 Å². The Morgan fingerprint density at radius 3 is 2.10 bits per heavy atom. The molecule has 1 unspecified atom stereocenters. The minimum absolute atomic E-state index is 0.448. The molecule has 1 amide bonds. The normalized spacial score (nSPS) is 12.7. The molecule has 1 N–H and O–H groups in total. The SMILES string of the molecule is CC(C(=O)O)c1ccc(N(C)C(=O)OC(C)(C)C)cc1. The summed E-state index contributed by atoms with van der Waals surface area (Å²) in [4.78, 5) is 24.2. The van der Waals surface area contributed by atoms with E-state index in [4.69, 9.17) is 9.84 Å². The van der Waals surface area contributed by atoms with Crippen LogP contribution in [0.15, 0.2) is 24.3 Å². The summed E-state index contributed by atoms with van der Waals surface area (Å²) < 4.78 is 5.26. The summed E-state index contributed by atoms with van der Waals surface area (Å²) in [7, 11) is 1.61. The molecule has 0 bridgehead atoms. The molecule has 0 radical (unpaired) electrons. The molecule has 0 spiro atoms. The van der Waals surface area contributed by atoms with Crippen molar-refractivity contribution in [1.29, 1.82) is 0 Å². The zero-order valence-corrected chi connectivity index (χ0v) is 12.5. The topological polar surface area (TPSA) is 66.8 Å². The molecule has 5 heteroatoms. The van der Waals surface area contributed by atoms with Crippen LogP contribution < -0.4 is 4.90 Å². The quantitative estimate of drug-likeness (QED) is 0.922. The van der Waals surface area contributed by atoms with Crippen molar-refractivity contribution >= 4 is 17.7 Å². The van der Waals surface area contributed by atoms with E-state index in [0.717, 1.165) is 0 Å². The number of hydrogen-bond donors (Lipinski definition) is 1. The van der Waals surface area contributed by atoms with Gasteiger partial charge in [-0.25, -0.2) is 4.79 Å². The van der Waals surface area contributed by atoms with E-state index >= 15 is 0 Å². The number of aliphatic carboxylic acids is 1. The van der Waals surface area contributed by atoms with Crippen LogP contribution in [0.2, 0.25) is 0 Å². The molecular weight excluding hydrogens is 258 g/mol. The zero-order chi connectivity index (χ0) is 15.5. The molecule has 0 aliphatic rings. The van der Waals surface area contributed by atoms with E-state index in [2.05, 4.69) is 0 Å². The van der Waals surface area contributed by atoms with Crippen LogP contribution in [0, 0.1) is 0 Å². The summed E-state index contributed by atoms with van der Waals surface area (Å²) in [5, 5.41) is 8.95. The van der Waals surface area contributed by atoms with Crippen LogP contribution in [0.25, 0.3) is 0 Å². The summed E-state index contributed by atoms with van der Waals surface area (Å²) in [6.45, 7) is 7.03. The molecule has 5 nitrogen and oxygen atoms in total. The van der Waals surface area contributed by atoms with Crippen LogP contribution in [-0.2, 0) is 9.53 Å². The van der Waals surface area contributed by atoms with Crippen molar-refractivity contribution in [1.82, 2.24) is 0 Å². The molecule has 0 saturated heterocycles. The fraction of sp³-hybridized carbons (Fsp3) is 0.467. The first-order valence-electron chi connectivity index (χ1n) is 6.41. The van der Waals surface area contributed by atoms with Gasteiger partial charge in [0.25, 0.3) is 0 Å². The highest BCUT2D eigenvalue weighted by Crippen LogP contribution is 2.21. The number of nitrogens with zero attached hydrogens (tertiary/aromatic N) is 1. The first-order chi connectivity index (χ1) is 9.11. The van der Waals surface area contributed by atoms with Crippen LogP contribution >= 0.6 is 0 Å². The van der Waals surface area contributed by atoms with Crippen molar-refractivity contribution < 1.29 is 19.4 Å². The van der Waals surface area contributed by atoms with Gasteiger partial charge in [0.2, 0.25) is 0 Å². The van der Waals surface area contributed by atoms with Gasteiger partial charge < -0.3 is 9.84 Å². The Morgan fingerprint density at radius 1 is 1.20 bits per heavy atom. The number of anilines is 1. The Morgan fingerprint density at radius 2 is 1.70 bits per heavy atom. The molecule has 0 aromatic heterocycles. The fourth-order valence-electron chi connectivity index (χ4n) is 1.56. The van der Waals surface area contributed by atoms with E-state index in [1.54, 1.807) is 59.0 Å². The highest BCUT2D eigenvalue weighted by molar-refractivity contribution is 5.87. The zero-order valence-electron chi connectivity index (χ0n) is 12.5. The van der Waals surface area contributed by atoms with E-state index in [9.17, 15) is 9.59 Å². The van der Waals surface area contributed by atoms with Crippen molar-refractivity contribution in [3.05, 3.63) is 29.8 Å². The van der Waals surface area contributed by atoms with Crippen LogP contribution in [0.1, 0.15) is 39.2 Å². The van der Waals surface area contributed by atoms with Crippen LogP contribution in [0.5, 0.6) is 0 Å². The molecular formula is C15H21NO4. The molecule has 110 valence electrons. The van der Waals surface area contributed by atoms with E-state index < -0.39 is 23.6 Å². The monoisotopic (exact) mass is 279 g/mol. The molecule has 0 aliphatic heterocycles. The lowest BCUT2D eigenvalue weighted by atomic mass is 10.0. The predicted molar refractivity (Wildman–Crippen MR) is 77.1 cm³/mol. The van der Waals surface area contributed by atoms with Crippen molar-refractivity contribution in [2.45, 2.75) is 39.2 Å². The third-order valence-corrected chi connectivity index (χ3v) is 2.82. The van der Waals surface area contributed by atoms with E-state index in [-0.39, 0.29) is 0 Å². The maximum absolute atomic E-state index is 11.9. The number of ether oxygens (including phenoxy) is 1. The van der Waals surface area contributed by atoms with Crippen molar-refractivity contribution in [3.63, 3.8) is 0 Å². The Kier molecular flexibility index (Phi) is 4.76. The van der Waals surface area contributed by atoms with E-state index in [1.165, 1.54) is 4.90 Å².